The average molecular weight is 478 g/mol. The number of rotatable bonds is 4. The van der Waals surface area contributed by atoms with Gasteiger partial charge in [-0.05, 0) is 55.0 Å². The standard InChI is InChI=1S/C25H24ClN5OS/c1-24(2,14-27)18-7-5-15(6-8-18)21-22(32)31(4)23(28)30-25(21,3)20-10-17(13-33-20)16-9-19(26)12-29-11-16/h5-13,21H,1-4H3,(H2,28,30)/t21-,25-/m1/s1. The number of carbonyl (C=O) groups excluding carboxylic acids is 1. The van der Waals surface area contributed by atoms with Gasteiger partial charge in [-0.1, -0.05) is 35.9 Å². The van der Waals surface area contributed by atoms with Crippen molar-refractivity contribution in [1.82, 2.24) is 9.88 Å². The summed E-state index contributed by atoms with van der Waals surface area (Å²) in [5, 5.41) is 12.0. The summed E-state index contributed by atoms with van der Waals surface area (Å²) in [6.07, 6.45) is 3.35. The molecule has 2 aromatic heterocycles. The molecule has 0 radical (unpaired) electrons. The molecule has 0 unspecified atom stereocenters. The molecule has 2 atom stereocenters. The highest BCUT2D eigenvalue weighted by Gasteiger charge is 2.48. The lowest BCUT2D eigenvalue weighted by Crippen LogP contribution is -2.52. The van der Waals surface area contributed by atoms with Crippen LogP contribution in [0.4, 0.5) is 0 Å². The van der Waals surface area contributed by atoms with Crippen LogP contribution in [0.15, 0.2) is 59.2 Å². The number of benzene rings is 1. The Bertz CT molecular complexity index is 1290. The normalized spacial score (nSPS) is 21.0. The monoisotopic (exact) mass is 477 g/mol. The van der Waals surface area contributed by atoms with Gasteiger partial charge in [-0.15, -0.1) is 11.3 Å². The van der Waals surface area contributed by atoms with Gasteiger partial charge in [0.2, 0.25) is 5.91 Å². The number of likely N-dealkylation sites (N-methyl/N-ethyl adjacent to an activating group) is 1. The molecule has 3 heterocycles. The van der Waals surface area contributed by atoms with Crippen molar-refractivity contribution in [3.63, 3.8) is 0 Å². The maximum Gasteiger partial charge on any atom is 0.239 e. The molecule has 2 N–H and O–H groups in total. The maximum atomic E-state index is 13.5. The van der Waals surface area contributed by atoms with E-state index in [2.05, 4.69) is 11.1 Å². The van der Waals surface area contributed by atoms with Gasteiger partial charge in [0.05, 0.1) is 22.4 Å². The second kappa shape index (κ2) is 8.29. The zero-order valence-electron chi connectivity index (χ0n) is 18.8. The highest BCUT2D eigenvalue weighted by Crippen LogP contribution is 2.47. The van der Waals surface area contributed by atoms with Gasteiger partial charge < -0.3 is 5.73 Å². The lowest BCUT2D eigenvalue weighted by Gasteiger charge is -2.40. The van der Waals surface area contributed by atoms with E-state index in [9.17, 15) is 10.1 Å². The van der Waals surface area contributed by atoms with Crippen LogP contribution in [-0.2, 0) is 15.7 Å². The number of pyridine rings is 1. The van der Waals surface area contributed by atoms with Gasteiger partial charge in [0.25, 0.3) is 0 Å². The minimum absolute atomic E-state index is 0.128. The van der Waals surface area contributed by atoms with Gasteiger partial charge in [-0.3, -0.25) is 14.7 Å². The van der Waals surface area contributed by atoms with Crippen LogP contribution in [0.3, 0.4) is 0 Å². The van der Waals surface area contributed by atoms with Crippen LogP contribution in [-0.4, -0.2) is 28.8 Å². The lowest BCUT2D eigenvalue weighted by atomic mass is 9.76. The second-order valence-electron chi connectivity index (χ2n) is 8.90. The van der Waals surface area contributed by atoms with Gasteiger partial charge in [0, 0.05) is 29.9 Å². The molecule has 0 aliphatic carbocycles. The molecule has 0 bridgehead atoms. The maximum absolute atomic E-state index is 13.5. The minimum atomic E-state index is -0.894. The molecule has 1 aromatic carbocycles. The van der Waals surface area contributed by atoms with Crippen molar-refractivity contribution in [2.24, 2.45) is 10.7 Å². The Hall–Kier alpha value is -3.21. The third-order valence-corrected chi connectivity index (χ3v) is 7.58. The Kier molecular flexibility index (Phi) is 5.77. The quantitative estimate of drug-likeness (QED) is 0.568. The topological polar surface area (TPSA) is 95.4 Å². The SMILES string of the molecule is CN1C(=O)[C@@H](c2ccc(C(C)(C)C#N)cc2)[C@@](C)(c2cc(-c3cncc(Cl)c3)cs2)N=C1N. The largest absolute Gasteiger partial charge is 0.369 e. The summed E-state index contributed by atoms with van der Waals surface area (Å²) in [7, 11) is 1.64. The summed E-state index contributed by atoms with van der Waals surface area (Å²) >= 11 is 7.65. The van der Waals surface area contributed by atoms with E-state index in [0.29, 0.717) is 5.02 Å². The number of nitriles is 1. The predicted octanol–water partition coefficient (Wildman–Crippen LogP) is 5.05. The number of nitrogens with zero attached hydrogens (tertiary/aromatic N) is 4. The van der Waals surface area contributed by atoms with Crippen LogP contribution < -0.4 is 5.73 Å². The second-order valence-corrected chi connectivity index (χ2v) is 10.2. The van der Waals surface area contributed by atoms with Crippen molar-refractivity contribution in [2.75, 3.05) is 7.05 Å². The number of guanidine groups is 1. The van der Waals surface area contributed by atoms with Gasteiger partial charge >= 0.3 is 0 Å². The first-order chi connectivity index (χ1) is 15.6. The Labute approximate surface area is 202 Å². The molecule has 33 heavy (non-hydrogen) atoms. The highest BCUT2D eigenvalue weighted by molar-refractivity contribution is 7.10. The van der Waals surface area contributed by atoms with Crippen molar-refractivity contribution < 1.29 is 4.79 Å². The van der Waals surface area contributed by atoms with Crippen LogP contribution in [0, 0.1) is 11.3 Å². The minimum Gasteiger partial charge on any atom is -0.369 e. The Morgan fingerprint density at radius 2 is 1.91 bits per heavy atom. The fourth-order valence-corrected chi connectivity index (χ4v) is 5.30. The number of halogens is 1. The summed E-state index contributed by atoms with van der Waals surface area (Å²) in [4.78, 5) is 24.8. The molecule has 1 aliphatic heterocycles. The van der Waals surface area contributed by atoms with Crippen molar-refractivity contribution in [3.05, 3.63) is 75.2 Å². The van der Waals surface area contributed by atoms with Crippen molar-refractivity contribution >= 4 is 34.8 Å². The number of aromatic nitrogens is 1. The summed E-state index contributed by atoms with van der Waals surface area (Å²) in [5.41, 5.74) is 8.20. The van der Waals surface area contributed by atoms with E-state index in [-0.39, 0.29) is 11.9 Å². The number of aliphatic imine (C=N–C) groups is 1. The van der Waals surface area contributed by atoms with Crippen molar-refractivity contribution in [3.8, 4) is 17.2 Å². The van der Waals surface area contributed by atoms with E-state index >= 15 is 0 Å². The fraction of sp³-hybridized carbons (Fsp3) is 0.280. The van der Waals surface area contributed by atoms with E-state index in [0.717, 1.165) is 27.1 Å². The van der Waals surface area contributed by atoms with Crippen LogP contribution >= 0.6 is 22.9 Å². The molecule has 0 saturated heterocycles. The number of thiophene rings is 1. The van der Waals surface area contributed by atoms with E-state index < -0.39 is 16.9 Å². The van der Waals surface area contributed by atoms with Gasteiger partial charge in [-0.2, -0.15) is 5.26 Å². The van der Waals surface area contributed by atoms with E-state index in [1.54, 1.807) is 19.4 Å². The molecule has 6 nitrogen and oxygen atoms in total. The van der Waals surface area contributed by atoms with E-state index in [4.69, 9.17) is 22.3 Å². The Balaban J connectivity index is 1.81. The zero-order valence-corrected chi connectivity index (χ0v) is 20.4. The van der Waals surface area contributed by atoms with E-state index in [1.165, 1.54) is 16.2 Å². The molecular formula is C25H24ClN5OS. The molecule has 0 fully saturated rings. The number of hydrogen-bond donors (Lipinski definition) is 1. The number of amides is 1. The first kappa shape index (κ1) is 23.0. The molecule has 1 aliphatic rings. The molecular weight excluding hydrogens is 454 g/mol. The number of nitrogens with two attached hydrogens (primary N) is 1. The highest BCUT2D eigenvalue weighted by atomic mass is 35.5. The Morgan fingerprint density at radius 3 is 2.55 bits per heavy atom. The molecule has 0 spiro atoms. The lowest BCUT2D eigenvalue weighted by molar-refractivity contribution is -0.130. The number of hydrogen-bond acceptors (Lipinski definition) is 6. The van der Waals surface area contributed by atoms with Crippen LogP contribution in [0.1, 0.15) is 42.7 Å². The van der Waals surface area contributed by atoms with Crippen molar-refractivity contribution in [2.45, 2.75) is 37.6 Å². The molecule has 3 aromatic rings. The summed E-state index contributed by atoms with van der Waals surface area (Å²) in [5.74, 6) is -0.518. The summed E-state index contributed by atoms with van der Waals surface area (Å²) in [6.45, 7) is 5.68. The third kappa shape index (κ3) is 4.01. The van der Waals surface area contributed by atoms with Gasteiger partial charge in [-0.25, -0.2) is 4.99 Å². The summed E-state index contributed by atoms with van der Waals surface area (Å²) < 4.78 is 0. The Morgan fingerprint density at radius 1 is 1.21 bits per heavy atom. The smallest absolute Gasteiger partial charge is 0.239 e. The van der Waals surface area contributed by atoms with E-state index in [1.807, 2.05) is 62.5 Å². The van der Waals surface area contributed by atoms with Gasteiger partial charge in [0.1, 0.15) is 5.54 Å². The molecule has 1 amide bonds. The van der Waals surface area contributed by atoms with Crippen molar-refractivity contribution in [1.29, 1.82) is 5.26 Å². The molecule has 168 valence electrons. The first-order valence-corrected chi connectivity index (χ1v) is 11.7. The summed E-state index contributed by atoms with van der Waals surface area (Å²) in [6, 6.07) is 13.8. The van der Waals surface area contributed by atoms with Crippen LogP contribution in [0.2, 0.25) is 5.02 Å². The van der Waals surface area contributed by atoms with Crippen LogP contribution in [0.25, 0.3) is 11.1 Å². The van der Waals surface area contributed by atoms with Crippen LogP contribution in [0.5, 0.6) is 0 Å². The fourth-order valence-electron chi connectivity index (χ4n) is 4.07. The molecule has 4 rings (SSSR count). The molecule has 0 saturated carbocycles. The van der Waals surface area contributed by atoms with Gasteiger partial charge in [0.15, 0.2) is 5.96 Å². The third-order valence-electron chi connectivity index (χ3n) is 6.21. The first-order valence-electron chi connectivity index (χ1n) is 10.4. The number of carbonyl (C=O) groups is 1. The zero-order chi connectivity index (χ0) is 24.0. The molecule has 8 heteroatoms. The average Bonchev–Trinajstić information content (AvgIpc) is 3.29. The predicted molar refractivity (Wildman–Crippen MR) is 132 cm³/mol.